The number of sulfonamides is 1. The number of nitrogens with one attached hydrogen (secondary N) is 1. The Morgan fingerprint density at radius 3 is 2.46 bits per heavy atom. The fourth-order valence-electron chi connectivity index (χ4n) is 3.13. The summed E-state index contributed by atoms with van der Waals surface area (Å²) in [5, 5.41) is 0. The number of fused-ring (bicyclic) bond motifs is 1. The molecule has 28 heavy (non-hydrogen) atoms. The third kappa shape index (κ3) is 3.46. The Bertz CT molecular complexity index is 1130. The lowest BCUT2D eigenvalue weighted by atomic mass is 10.1. The van der Waals surface area contributed by atoms with Gasteiger partial charge < -0.3 is 4.90 Å². The van der Waals surface area contributed by atoms with Gasteiger partial charge in [0.1, 0.15) is 5.82 Å². The number of anilines is 2. The van der Waals surface area contributed by atoms with E-state index in [1.54, 1.807) is 47.6 Å². The van der Waals surface area contributed by atoms with Crippen LogP contribution in [0.3, 0.4) is 0 Å². The number of amides is 1. The molecule has 142 valence electrons. The van der Waals surface area contributed by atoms with Crippen molar-refractivity contribution in [1.82, 2.24) is 4.98 Å². The van der Waals surface area contributed by atoms with Crippen LogP contribution in [0.25, 0.3) is 0 Å². The van der Waals surface area contributed by atoms with Crippen LogP contribution in [0.2, 0.25) is 0 Å². The highest BCUT2D eigenvalue weighted by Gasteiger charge is 2.26. The highest BCUT2D eigenvalue weighted by molar-refractivity contribution is 7.92. The van der Waals surface area contributed by atoms with Crippen LogP contribution in [0, 0.1) is 5.82 Å². The highest BCUT2D eigenvalue weighted by Crippen LogP contribution is 2.32. The van der Waals surface area contributed by atoms with Crippen LogP contribution in [0.15, 0.2) is 71.9 Å². The number of nitrogens with zero attached hydrogens (tertiary/aromatic N) is 2. The third-order valence-corrected chi connectivity index (χ3v) is 5.93. The Balaban J connectivity index is 1.62. The molecule has 0 atom stereocenters. The molecule has 6 nitrogen and oxygen atoms in total. The fraction of sp³-hybridized carbons (Fsp3) is 0.100. The first-order chi connectivity index (χ1) is 13.4. The van der Waals surface area contributed by atoms with Gasteiger partial charge in [0.25, 0.3) is 15.9 Å². The summed E-state index contributed by atoms with van der Waals surface area (Å²) in [6.45, 7) is 0.519. The summed E-state index contributed by atoms with van der Waals surface area (Å²) in [5.41, 5.74) is 2.48. The minimum Gasteiger partial charge on any atom is -0.308 e. The minimum atomic E-state index is -3.87. The molecule has 0 saturated heterocycles. The van der Waals surface area contributed by atoms with E-state index in [4.69, 9.17) is 0 Å². The van der Waals surface area contributed by atoms with E-state index in [1.165, 1.54) is 12.1 Å². The number of rotatable bonds is 4. The summed E-state index contributed by atoms with van der Waals surface area (Å²) < 4.78 is 40.6. The number of hydrogen-bond donors (Lipinski definition) is 1. The summed E-state index contributed by atoms with van der Waals surface area (Å²) in [6.07, 6.45) is 3.80. The first-order valence-corrected chi connectivity index (χ1v) is 10.1. The predicted octanol–water partition coefficient (Wildman–Crippen LogP) is 3.22. The van der Waals surface area contributed by atoms with Crippen molar-refractivity contribution < 1.29 is 17.6 Å². The standard InChI is InChI=1S/C20H16FN3O3S/c21-16-2-5-18(6-3-16)28(26,27)23-17-4-1-14-9-12-24(19(14)13-17)20(25)15-7-10-22-11-8-15/h1-8,10-11,13,23H,9,12H2. The minimum absolute atomic E-state index is 0.0425. The van der Waals surface area contributed by atoms with Crippen LogP contribution in [0.5, 0.6) is 0 Å². The van der Waals surface area contributed by atoms with E-state index in [2.05, 4.69) is 9.71 Å². The van der Waals surface area contributed by atoms with Crippen molar-refractivity contribution in [3.05, 3.63) is 83.9 Å². The molecule has 0 bridgehead atoms. The topological polar surface area (TPSA) is 79.4 Å². The van der Waals surface area contributed by atoms with E-state index < -0.39 is 15.8 Å². The van der Waals surface area contributed by atoms with Crippen molar-refractivity contribution in [3.63, 3.8) is 0 Å². The maximum Gasteiger partial charge on any atom is 0.261 e. The van der Waals surface area contributed by atoms with Gasteiger partial charge in [-0.1, -0.05) is 6.07 Å². The van der Waals surface area contributed by atoms with Crippen LogP contribution >= 0.6 is 0 Å². The highest BCUT2D eigenvalue weighted by atomic mass is 32.2. The van der Waals surface area contributed by atoms with Gasteiger partial charge in [-0.2, -0.15) is 0 Å². The molecule has 1 aliphatic heterocycles. The molecule has 0 spiro atoms. The van der Waals surface area contributed by atoms with Gasteiger partial charge in [-0.25, -0.2) is 12.8 Å². The van der Waals surface area contributed by atoms with E-state index in [-0.39, 0.29) is 10.8 Å². The lowest BCUT2D eigenvalue weighted by Gasteiger charge is -2.18. The van der Waals surface area contributed by atoms with Gasteiger partial charge in [-0.3, -0.25) is 14.5 Å². The van der Waals surface area contributed by atoms with Crippen molar-refractivity contribution >= 4 is 27.3 Å². The monoisotopic (exact) mass is 397 g/mol. The Labute approximate surface area is 161 Å². The summed E-state index contributed by atoms with van der Waals surface area (Å²) in [6, 6.07) is 13.0. The molecule has 0 radical (unpaired) electrons. The number of pyridine rings is 1. The lowest BCUT2D eigenvalue weighted by Crippen LogP contribution is -2.28. The second-order valence-electron chi connectivity index (χ2n) is 6.35. The third-order valence-electron chi connectivity index (χ3n) is 4.53. The number of carbonyl (C=O) groups is 1. The van der Waals surface area contributed by atoms with Gasteiger partial charge >= 0.3 is 0 Å². The second-order valence-corrected chi connectivity index (χ2v) is 8.03. The van der Waals surface area contributed by atoms with Crippen molar-refractivity contribution in [2.75, 3.05) is 16.2 Å². The van der Waals surface area contributed by atoms with Crippen LogP contribution in [-0.4, -0.2) is 25.9 Å². The largest absolute Gasteiger partial charge is 0.308 e. The lowest BCUT2D eigenvalue weighted by molar-refractivity contribution is 0.0989. The number of halogens is 1. The van der Waals surface area contributed by atoms with Gasteiger partial charge in [0.05, 0.1) is 10.6 Å². The van der Waals surface area contributed by atoms with E-state index >= 15 is 0 Å². The van der Waals surface area contributed by atoms with Crippen molar-refractivity contribution in [2.45, 2.75) is 11.3 Å². The summed E-state index contributed by atoms with van der Waals surface area (Å²) >= 11 is 0. The summed E-state index contributed by atoms with van der Waals surface area (Å²) in [4.78, 5) is 18.3. The average molecular weight is 397 g/mol. The van der Waals surface area contributed by atoms with E-state index in [0.717, 1.165) is 17.7 Å². The molecule has 2 aromatic carbocycles. The molecule has 1 N–H and O–H groups in total. The first-order valence-electron chi connectivity index (χ1n) is 8.57. The maximum absolute atomic E-state index is 13.1. The Morgan fingerprint density at radius 2 is 1.75 bits per heavy atom. The van der Waals surface area contributed by atoms with Crippen molar-refractivity contribution in [1.29, 1.82) is 0 Å². The molecule has 0 saturated carbocycles. The molecule has 8 heteroatoms. The van der Waals surface area contributed by atoms with Gasteiger partial charge in [-0.15, -0.1) is 0 Å². The molecule has 1 aliphatic rings. The van der Waals surface area contributed by atoms with E-state index in [0.29, 0.717) is 29.9 Å². The zero-order valence-corrected chi connectivity index (χ0v) is 15.5. The van der Waals surface area contributed by atoms with Crippen LogP contribution < -0.4 is 9.62 Å². The van der Waals surface area contributed by atoms with Crippen LogP contribution in [-0.2, 0) is 16.4 Å². The van der Waals surface area contributed by atoms with Crippen molar-refractivity contribution in [2.24, 2.45) is 0 Å². The molecule has 1 amide bonds. The van der Waals surface area contributed by atoms with Gasteiger partial charge in [-0.05, 0) is 60.5 Å². The maximum atomic E-state index is 13.1. The van der Waals surface area contributed by atoms with Gasteiger partial charge in [0.15, 0.2) is 0 Å². The Kier molecular flexibility index (Phi) is 4.56. The number of aromatic nitrogens is 1. The molecule has 0 aliphatic carbocycles. The molecule has 0 unspecified atom stereocenters. The molecule has 4 rings (SSSR count). The molecular formula is C20H16FN3O3S. The zero-order valence-electron chi connectivity index (χ0n) is 14.7. The summed E-state index contributed by atoms with van der Waals surface area (Å²) in [5.74, 6) is -0.679. The van der Waals surface area contributed by atoms with E-state index in [1.807, 2.05) is 0 Å². The molecular weight excluding hydrogens is 381 g/mol. The normalized spacial score (nSPS) is 13.2. The quantitative estimate of drug-likeness (QED) is 0.733. The number of hydrogen-bond acceptors (Lipinski definition) is 4. The number of carbonyl (C=O) groups excluding carboxylic acids is 1. The molecule has 2 heterocycles. The zero-order chi connectivity index (χ0) is 19.7. The first kappa shape index (κ1) is 18.1. The predicted molar refractivity (Wildman–Crippen MR) is 103 cm³/mol. The Hall–Kier alpha value is -3.26. The molecule has 0 fully saturated rings. The SMILES string of the molecule is O=C(c1ccncc1)N1CCc2ccc(NS(=O)(=O)c3ccc(F)cc3)cc21. The molecule has 3 aromatic rings. The Morgan fingerprint density at radius 1 is 1.04 bits per heavy atom. The van der Waals surface area contributed by atoms with Gasteiger partial charge in [0.2, 0.25) is 0 Å². The average Bonchev–Trinajstić information content (AvgIpc) is 3.11. The van der Waals surface area contributed by atoms with Gasteiger partial charge in [0, 0.05) is 30.2 Å². The number of benzene rings is 2. The second kappa shape index (κ2) is 7.05. The smallest absolute Gasteiger partial charge is 0.261 e. The van der Waals surface area contributed by atoms with Crippen LogP contribution in [0.1, 0.15) is 15.9 Å². The summed E-state index contributed by atoms with van der Waals surface area (Å²) in [7, 11) is -3.87. The fourth-order valence-corrected chi connectivity index (χ4v) is 4.18. The van der Waals surface area contributed by atoms with Crippen molar-refractivity contribution in [3.8, 4) is 0 Å². The van der Waals surface area contributed by atoms with E-state index in [9.17, 15) is 17.6 Å². The van der Waals surface area contributed by atoms with Crippen LogP contribution in [0.4, 0.5) is 15.8 Å². The molecule has 1 aromatic heterocycles.